The van der Waals surface area contributed by atoms with Gasteiger partial charge in [0.2, 0.25) is 11.2 Å². The summed E-state index contributed by atoms with van der Waals surface area (Å²) < 4.78 is 1.43. The molecule has 1 N–H and O–H groups in total. The Bertz CT molecular complexity index is 698. The molecule has 3 rings (SSSR count). The number of nitrogens with zero attached hydrogens (tertiary/aromatic N) is 6. The van der Waals surface area contributed by atoms with Gasteiger partial charge in [-0.3, -0.25) is 0 Å². The van der Waals surface area contributed by atoms with Crippen molar-refractivity contribution in [1.29, 1.82) is 0 Å². The summed E-state index contributed by atoms with van der Waals surface area (Å²) in [5.74, 6) is 0.751. The molecule has 108 valence electrons. The van der Waals surface area contributed by atoms with Crippen LogP contribution in [-0.4, -0.2) is 35.8 Å². The SMILES string of the molecule is CC(Cc1ccsc1)Nc1nc(Cl)nc(-n2cncn2)n1. The fraction of sp³-hybridized carbons (Fsp3) is 0.250. The monoisotopic (exact) mass is 321 g/mol. The van der Waals surface area contributed by atoms with Gasteiger partial charge in [-0.2, -0.15) is 36.1 Å². The normalized spacial score (nSPS) is 12.3. The van der Waals surface area contributed by atoms with Crippen LogP contribution in [0.25, 0.3) is 5.95 Å². The molecule has 3 heterocycles. The van der Waals surface area contributed by atoms with E-state index in [0.717, 1.165) is 6.42 Å². The summed E-state index contributed by atoms with van der Waals surface area (Å²) in [4.78, 5) is 16.3. The summed E-state index contributed by atoms with van der Waals surface area (Å²) in [5.41, 5.74) is 1.27. The third kappa shape index (κ3) is 3.53. The highest BCUT2D eigenvalue weighted by Crippen LogP contribution is 2.13. The maximum absolute atomic E-state index is 5.93. The van der Waals surface area contributed by atoms with Crippen molar-refractivity contribution in [2.75, 3.05) is 5.32 Å². The summed E-state index contributed by atoms with van der Waals surface area (Å²) in [6.07, 6.45) is 3.79. The van der Waals surface area contributed by atoms with Crippen molar-refractivity contribution in [2.24, 2.45) is 0 Å². The van der Waals surface area contributed by atoms with Gasteiger partial charge in [0.1, 0.15) is 12.7 Å². The molecule has 0 saturated carbocycles. The van der Waals surface area contributed by atoms with E-state index in [1.165, 1.54) is 22.9 Å². The number of thiophene rings is 1. The van der Waals surface area contributed by atoms with Crippen LogP contribution in [0.1, 0.15) is 12.5 Å². The van der Waals surface area contributed by atoms with Crippen LogP contribution >= 0.6 is 22.9 Å². The van der Waals surface area contributed by atoms with Crippen LogP contribution in [0, 0.1) is 0 Å². The Labute approximate surface area is 130 Å². The van der Waals surface area contributed by atoms with Crippen LogP contribution in [0.15, 0.2) is 29.5 Å². The molecule has 0 aliphatic rings. The molecular weight excluding hydrogens is 310 g/mol. The molecule has 1 atom stereocenters. The van der Waals surface area contributed by atoms with Gasteiger partial charge >= 0.3 is 0 Å². The Balaban J connectivity index is 1.76. The number of aromatic nitrogens is 6. The van der Waals surface area contributed by atoms with Gasteiger partial charge in [-0.25, -0.2) is 4.98 Å². The molecule has 0 aromatic carbocycles. The predicted octanol–water partition coefficient (Wildman–Crippen LogP) is 2.21. The summed E-state index contributed by atoms with van der Waals surface area (Å²) in [6, 6.07) is 2.27. The zero-order chi connectivity index (χ0) is 14.7. The van der Waals surface area contributed by atoms with E-state index in [1.807, 2.05) is 0 Å². The fourth-order valence-electron chi connectivity index (χ4n) is 1.85. The van der Waals surface area contributed by atoms with Gasteiger partial charge in [-0.15, -0.1) is 0 Å². The third-order valence-electron chi connectivity index (χ3n) is 2.72. The Morgan fingerprint density at radius 1 is 1.38 bits per heavy atom. The topological polar surface area (TPSA) is 81.4 Å². The molecule has 0 bridgehead atoms. The second kappa shape index (κ2) is 6.15. The Hall–Kier alpha value is -2.06. The lowest BCUT2D eigenvalue weighted by atomic mass is 10.1. The van der Waals surface area contributed by atoms with Gasteiger partial charge in [-0.05, 0) is 47.3 Å². The highest BCUT2D eigenvalue weighted by molar-refractivity contribution is 7.07. The molecule has 0 aliphatic heterocycles. The van der Waals surface area contributed by atoms with E-state index in [1.54, 1.807) is 11.3 Å². The average Bonchev–Trinajstić information content (AvgIpc) is 3.10. The van der Waals surface area contributed by atoms with Crippen molar-refractivity contribution in [2.45, 2.75) is 19.4 Å². The zero-order valence-corrected chi connectivity index (χ0v) is 12.7. The minimum absolute atomic E-state index is 0.112. The molecule has 21 heavy (non-hydrogen) atoms. The van der Waals surface area contributed by atoms with Gasteiger partial charge in [0.05, 0.1) is 0 Å². The zero-order valence-electron chi connectivity index (χ0n) is 11.1. The molecule has 0 radical (unpaired) electrons. The van der Waals surface area contributed by atoms with E-state index >= 15 is 0 Å². The van der Waals surface area contributed by atoms with Gasteiger partial charge in [0, 0.05) is 6.04 Å². The smallest absolute Gasteiger partial charge is 0.258 e. The highest BCUT2D eigenvalue weighted by Gasteiger charge is 2.10. The molecule has 0 aliphatic carbocycles. The number of hydrogen-bond donors (Lipinski definition) is 1. The van der Waals surface area contributed by atoms with Gasteiger partial charge in [-0.1, -0.05) is 0 Å². The second-order valence-corrected chi connectivity index (χ2v) is 5.57. The van der Waals surface area contributed by atoms with Crippen LogP contribution in [0.2, 0.25) is 5.28 Å². The Kier molecular flexibility index (Phi) is 4.07. The van der Waals surface area contributed by atoms with Crippen molar-refractivity contribution in [3.8, 4) is 5.95 Å². The van der Waals surface area contributed by atoms with Gasteiger partial charge in [0.25, 0.3) is 5.95 Å². The number of nitrogens with one attached hydrogen (secondary N) is 1. The van der Waals surface area contributed by atoms with Crippen LogP contribution < -0.4 is 5.32 Å². The fourth-order valence-corrected chi connectivity index (χ4v) is 2.69. The van der Waals surface area contributed by atoms with E-state index in [2.05, 4.69) is 54.1 Å². The van der Waals surface area contributed by atoms with Gasteiger partial charge < -0.3 is 5.32 Å². The molecule has 0 saturated heterocycles. The third-order valence-corrected chi connectivity index (χ3v) is 3.62. The number of hydrogen-bond acceptors (Lipinski definition) is 7. The summed E-state index contributed by atoms with van der Waals surface area (Å²) in [7, 11) is 0. The molecule has 0 fully saturated rings. The molecule has 0 spiro atoms. The summed E-state index contributed by atoms with van der Waals surface area (Å²) in [5, 5.41) is 11.5. The van der Waals surface area contributed by atoms with Crippen molar-refractivity contribution in [1.82, 2.24) is 29.7 Å². The quantitative estimate of drug-likeness (QED) is 0.776. The van der Waals surface area contributed by atoms with Crippen LogP contribution in [0.3, 0.4) is 0 Å². The lowest BCUT2D eigenvalue weighted by molar-refractivity contribution is 0.757. The van der Waals surface area contributed by atoms with E-state index in [0.29, 0.717) is 11.9 Å². The number of anilines is 1. The predicted molar refractivity (Wildman–Crippen MR) is 80.9 cm³/mol. The average molecular weight is 322 g/mol. The largest absolute Gasteiger partial charge is 0.351 e. The minimum atomic E-state index is 0.112. The first-order chi connectivity index (χ1) is 10.2. The Morgan fingerprint density at radius 2 is 2.29 bits per heavy atom. The molecular formula is C12H12ClN7S. The summed E-state index contributed by atoms with van der Waals surface area (Å²) in [6.45, 7) is 2.06. The first kappa shape index (κ1) is 13.9. The first-order valence-electron chi connectivity index (χ1n) is 6.25. The maximum Gasteiger partial charge on any atom is 0.258 e. The standard InChI is InChI=1S/C12H12ClN7S/c1-8(4-9-2-3-21-5-9)16-11-17-10(13)18-12(19-11)20-7-14-6-15-20/h2-3,5-8H,4H2,1H3,(H,16,17,18,19). The highest BCUT2D eigenvalue weighted by atomic mass is 35.5. The molecule has 3 aromatic rings. The van der Waals surface area contributed by atoms with E-state index in [-0.39, 0.29) is 11.3 Å². The van der Waals surface area contributed by atoms with E-state index in [4.69, 9.17) is 11.6 Å². The first-order valence-corrected chi connectivity index (χ1v) is 7.57. The maximum atomic E-state index is 5.93. The minimum Gasteiger partial charge on any atom is -0.351 e. The molecule has 1 unspecified atom stereocenters. The molecule has 9 heteroatoms. The molecule has 7 nitrogen and oxygen atoms in total. The molecule has 3 aromatic heterocycles. The lowest BCUT2D eigenvalue weighted by Crippen LogP contribution is -2.20. The van der Waals surface area contributed by atoms with Crippen molar-refractivity contribution >= 4 is 28.9 Å². The lowest BCUT2D eigenvalue weighted by Gasteiger charge is -2.13. The van der Waals surface area contributed by atoms with E-state index < -0.39 is 0 Å². The Morgan fingerprint density at radius 3 is 3.00 bits per heavy atom. The van der Waals surface area contributed by atoms with E-state index in [9.17, 15) is 0 Å². The van der Waals surface area contributed by atoms with Gasteiger partial charge in [0.15, 0.2) is 0 Å². The second-order valence-electron chi connectivity index (χ2n) is 4.45. The van der Waals surface area contributed by atoms with Crippen LogP contribution in [0.4, 0.5) is 5.95 Å². The van der Waals surface area contributed by atoms with Crippen LogP contribution in [0.5, 0.6) is 0 Å². The summed E-state index contributed by atoms with van der Waals surface area (Å²) >= 11 is 7.61. The van der Waals surface area contributed by atoms with Crippen molar-refractivity contribution in [3.63, 3.8) is 0 Å². The number of halogens is 1. The van der Waals surface area contributed by atoms with Crippen molar-refractivity contribution in [3.05, 3.63) is 40.3 Å². The number of rotatable bonds is 5. The van der Waals surface area contributed by atoms with Crippen molar-refractivity contribution < 1.29 is 0 Å². The molecule has 0 amide bonds. The van der Waals surface area contributed by atoms with Crippen LogP contribution in [-0.2, 0) is 6.42 Å².